The van der Waals surface area contributed by atoms with Crippen molar-refractivity contribution in [2.75, 3.05) is 46.4 Å². The van der Waals surface area contributed by atoms with Crippen molar-refractivity contribution in [2.24, 2.45) is 4.99 Å². The van der Waals surface area contributed by atoms with Crippen molar-refractivity contribution in [3.05, 3.63) is 29.3 Å². The van der Waals surface area contributed by atoms with Crippen molar-refractivity contribution < 1.29 is 22.6 Å². The van der Waals surface area contributed by atoms with Gasteiger partial charge in [0.05, 0.1) is 24.9 Å². The number of hydrogen-bond acceptors (Lipinski definition) is 4. The molecule has 0 spiro atoms. The zero-order chi connectivity index (χ0) is 20.6. The molecule has 0 radical (unpaired) electrons. The highest BCUT2D eigenvalue weighted by Crippen LogP contribution is 2.34. The molecule has 0 amide bonds. The second-order valence-corrected chi connectivity index (χ2v) is 6.79. The van der Waals surface area contributed by atoms with E-state index in [4.69, 9.17) is 9.47 Å². The summed E-state index contributed by atoms with van der Waals surface area (Å²) in [6.45, 7) is 8.24. The second kappa shape index (κ2) is 12.4. The monoisotopic (exact) mass is 530 g/mol. The first-order valence-electron chi connectivity index (χ1n) is 9.41. The van der Waals surface area contributed by atoms with E-state index in [1.54, 1.807) is 27.0 Å². The molecule has 0 saturated carbocycles. The molecule has 1 fully saturated rings. The van der Waals surface area contributed by atoms with Gasteiger partial charge >= 0.3 is 6.18 Å². The second-order valence-electron chi connectivity index (χ2n) is 6.79. The Hall–Kier alpha value is -1.27. The van der Waals surface area contributed by atoms with E-state index in [2.05, 4.69) is 20.5 Å². The maximum atomic E-state index is 13.4. The number of nitrogens with one attached hydrogen (secondary N) is 2. The lowest BCUT2D eigenvalue weighted by Gasteiger charge is -2.26. The van der Waals surface area contributed by atoms with Gasteiger partial charge in [-0.2, -0.15) is 13.2 Å². The molecule has 166 valence electrons. The molecular formula is C19H30F3IN4O2. The quantitative estimate of drug-likeness (QED) is 0.323. The standard InChI is InChI=1S/C19H29F3N4O2.HI/c1-14(2)28-16-5-4-15(17(12-16)19(20,21)22)13-25-18(23-3)24-6-7-26-8-10-27-11-9-26;/h4-5,12,14H,6-11,13H2,1-3H3,(H2,23,24,25);1H. The fourth-order valence-corrected chi connectivity index (χ4v) is 2.88. The summed E-state index contributed by atoms with van der Waals surface area (Å²) in [5, 5.41) is 6.08. The number of ether oxygens (including phenoxy) is 2. The fraction of sp³-hybridized carbons (Fsp3) is 0.632. The van der Waals surface area contributed by atoms with Gasteiger partial charge in [0.15, 0.2) is 5.96 Å². The summed E-state index contributed by atoms with van der Waals surface area (Å²) in [6.07, 6.45) is -4.65. The highest BCUT2D eigenvalue weighted by Gasteiger charge is 2.33. The molecule has 29 heavy (non-hydrogen) atoms. The average Bonchev–Trinajstić information content (AvgIpc) is 2.64. The molecule has 0 atom stereocenters. The van der Waals surface area contributed by atoms with Crippen LogP contribution >= 0.6 is 24.0 Å². The van der Waals surface area contributed by atoms with Crippen molar-refractivity contribution in [2.45, 2.75) is 32.7 Å². The largest absolute Gasteiger partial charge is 0.491 e. The number of rotatable bonds is 7. The minimum absolute atomic E-state index is 0. The number of halogens is 4. The maximum absolute atomic E-state index is 13.4. The van der Waals surface area contributed by atoms with E-state index in [9.17, 15) is 13.2 Å². The Balaban J connectivity index is 0.00000420. The molecule has 1 aliphatic heterocycles. The lowest BCUT2D eigenvalue weighted by molar-refractivity contribution is -0.138. The van der Waals surface area contributed by atoms with Gasteiger partial charge < -0.3 is 20.1 Å². The Labute approximate surface area is 187 Å². The van der Waals surface area contributed by atoms with Gasteiger partial charge in [0.1, 0.15) is 5.75 Å². The van der Waals surface area contributed by atoms with Crippen LogP contribution in [0.15, 0.2) is 23.2 Å². The van der Waals surface area contributed by atoms with Crippen LogP contribution in [0.1, 0.15) is 25.0 Å². The molecule has 2 rings (SSSR count). The Kier molecular flexibility index (Phi) is 11.0. The normalized spacial score (nSPS) is 15.8. The number of hydrogen-bond donors (Lipinski definition) is 2. The smallest absolute Gasteiger partial charge is 0.416 e. The zero-order valence-electron chi connectivity index (χ0n) is 17.0. The molecule has 1 saturated heterocycles. The topological polar surface area (TPSA) is 58.1 Å². The van der Waals surface area contributed by atoms with Crippen molar-refractivity contribution in [1.29, 1.82) is 0 Å². The van der Waals surface area contributed by atoms with Gasteiger partial charge in [0.2, 0.25) is 0 Å². The number of morpholine rings is 1. The minimum Gasteiger partial charge on any atom is -0.491 e. The van der Waals surface area contributed by atoms with Gasteiger partial charge in [-0.05, 0) is 31.5 Å². The van der Waals surface area contributed by atoms with Gasteiger partial charge in [-0.1, -0.05) is 6.07 Å². The third-order valence-corrected chi connectivity index (χ3v) is 4.25. The molecule has 6 nitrogen and oxygen atoms in total. The van der Waals surface area contributed by atoms with Gasteiger partial charge in [0, 0.05) is 39.8 Å². The summed E-state index contributed by atoms with van der Waals surface area (Å²) < 4.78 is 51.0. The van der Waals surface area contributed by atoms with Crippen LogP contribution in [0, 0.1) is 0 Å². The summed E-state index contributed by atoms with van der Waals surface area (Å²) >= 11 is 0. The van der Waals surface area contributed by atoms with E-state index >= 15 is 0 Å². The number of nitrogens with zero attached hydrogens (tertiary/aromatic N) is 2. The van der Waals surface area contributed by atoms with Gasteiger partial charge in [-0.25, -0.2) is 0 Å². The van der Waals surface area contributed by atoms with E-state index in [1.807, 2.05) is 0 Å². The molecule has 0 bridgehead atoms. The lowest BCUT2D eigenvalue weighted by atomic mass is 10.1. The van der Waals surface area contributed by atoms with Crippen molar-refractivity contribution in [1.82, 2.24) is 15.5 Å². The molecule has 1 aromatic carbocycles. The Morgan fingerprint density at radius 2 is 1.93 bits per heavy atom. The summed E-state index contributed by atoms with van der Waals surface area (Å²) in [4.78, 5) is 6.34. The van der Waals surface area contributed by atoms with Crippen LogP contribution in [0.3, 0.4) is 0 Å². The Morgan fingerprint density at radius 1 is 1.24 bits per heavy atom. The van der Waals surface area contributed by atoms with Crippen molar-refractivity contribution >= 4 is 29.9 Å². The molecule has 1 aliphatic rings. The molecule has 1 aromatic rings. The molecule has 0 aromatic heterocycles. The minimum atomic E-state index is -4.46. The summed E-state index contributed by atoms with van der Waals surface area (Å²) in [5.41, 5.74) is -0.568. The van der Waals surface area contributed by atoms with Crippen molar-refractivity contribution in [3.63, 3.8) is 0 Å². The number of aliphatic imine (C=N–C) groups is 1. The first kappa shape index (κ1) is 25.8. The van der Waals surface area contributed by atoms with Gasteiger partial charge in [-0.15, -0.1) is 24.0 Å². The first-order valence-corrected chi connectivity index (χ1v) is 9.41. The molecule has 0 aliphatic carbocycles. The summed E-state index contributed by atoms with van der Waals surface area (Å²) in [6, 6.07) is 4.04. The summed E-state index contributed by atoms with van der Waals surface area (Å²) in [5.74, 6) is 0.669. The van der Waals surface area contributed by atoms with E-state index in [0.29, 0.717) is 12.5 Å². The van der Waals surface area contributed by atoms with Crippen molar-refractivity contribution in [3.8, 4) is 5.75 Å². The van der Waals surface area contributed by atoms with Crippen LogP contribution in [0.25, 0.3) is 0 Å². The Morgan fingerprint density at radius 3 is 2.52 bits per heavy atom. The lowest BCUT2D eigenvalue weighted by Crippen LogP contribution is -2.44. The predicted molar refractivity (Wildman–Crippen MR) is 118 cm³/mol. The fourth-order valence-electron chi connectivity index (χ4n) is 2.88. The van der Waals surface area contributed by atoms with E-state index in [-0.39, 0.29) is 47.9 Å². The highest BCUT2D eigenvalue weighted by atomic mass is 127. The summed E-state index contributed by atoms with van der Waals surface area (Å²) in [7, 11) is 1.59. The highest BCUT2D eigenvalue weighted by molar-refractivity contribution is 14.0. The van der Waals surface area contributed by atoms with Crippen LogP contribution in [0.2, 0.25) is 0 Å². The third-order valence-electron chi connectivity index (χ3n) is 4.25. The average molecular weight is 530 g/mol. The van der Waals surface area contributed by atoms with E-state index < -0.39 is 11.7 Å². The van der Waals surface area contributed by atoms with Crippen LogP contribution in [-0.2, 0) is 17.5 Å². The van der Waals surface area contributed by atoms with Gasteiger partial charge in [-0.3, -0.25) is 9.89 Å². The van der Waals surface area contributed by atoms with E-state index in [0.717, 1.165) is 38.9 Å². The number of benzene rings is 1. The SMILES string of the molecule is CN=C(NCCN1CCOCC1)NCc1ccc(OC(C)C)cc1C(F)(F)F.I. The zero-order valence-corrected chi connectivity index (χ0v) is 19.3. The molecule has 0 unspecified atom stereocenters. The Bertz CT molecular complexity index is 651. The number of guanidine groups is 1. The van der Waals surface area contributed by atoms with Crippen LogP contribution in [0.4, 0.5) is 13.2 Å². The third kappa shape index (κ3) is 8.95. The van der Waals surface area contributed by atoms with Crippen LogP contribution < -0.4 is 15.4 Å². The first-order chi connectivity index (χ1) is 13.3. The number of alkyl halides is 3. The van der Waals surface area contributed by atoms with E-state index in [1.165, 1.54) is 6.07 Å². The molecule has 1 heterocycles. The van der Waals surface area contributed by atoms with Gasteiger partial charge in [0.25, 0.3) is 0 Å². The molecule has 2 N–H and O–H groups in total. The van der Waals surface area contributed by atoms with Crippen LogP contribution in [0.5, 0.6) is 5.75 Å². The molecular weight excluding hydrogens is 500 g/mol. The maximum Gasteiger partial charge on any atom is 0.416 e. The molecule has 10 heteroatoms. The predicted octanol–water partition coefficient (Wildman–Crippen LogP) is 3.11. The van der Waals surface area contributed by atoms with Crippen LogP contribution in [-0.4, -0.2) is 63.4 Å².